The number of rotatable bonds is 6. The third kappa shape index (κ3) is 5.22. The summed E-state index contributed by atoms with van der Waals surface area (Å²) in [5.41, 5.74) is 2.27. The monoisotopic (exact) mass is 440 g/mol. The predicted octanol–water partition coefficient (Wildman–Crippen LogP) is 3.04. The van der Waals surface area contributed by atoms with Gasteiger partial charge in [-0.2, -0.15) is 0 Å². The minimum Gasteiger partial charge on any atom is -0.362 e. The number of aromatic nitrogens is 2. The molecule has 3 nitrogen and oxygen atoms in total. The number of aromatic amines is 1. The van der Waals surface area contributed by atoms with Crippen LogP contribution in [0.4, 0.5) is 0 Å². The summed E-state index contributed by atoms with van der Waals surface area (Å²) in [6.07, 6.45) is 2.86. The molecule has 0 aliphatic heterocycles. The van der Waals surface area contributed by atoms with Crippen LogP contribution in [-0.2, 0) is 27.5 Å². The summed E-state index contributed by atoms with van der Waals surface area (Å²) < 4.78 is 0. The summed E-state index contributed by atoms with van der Waals surface area (Å²) in [7, 11) is 0. The van der Waals surface area contributed by atoms with E-state index in [4.69, 9.17) is 0 Å². The SMILES string of the molecule is [CH2-]CN(C[CH2-])CCc1cnc(-c2ccccc2)[nH]1.[CH3-].[W]. The van der Waals surface area contributed by atoms with Gasteiger partial charge in [0.25, 0.3) is 0 Å². The average molecular weight is 440 g/mol. The van der Waals surface area contributed by atoms with E-state index in [0.29, 0.717) is 0 Å². The van der Waals surface area contributed by atoms with Gasteiger partial charge < -0.3 is 31.2 Å². The summed E-state index contributed by atoms with van der Waals surface area (Å²) in [6, 6.07) is 10.2. The molecule has 1 N–H and O–H groups in total. The fraction of sp³-hybridized carbons (Fsp3) is 0.250. The van der Waals surface area contributed by atoms with Crippen molar-refractivity contribution in [2.24, 2.45) is 0 Å². The van der Waals surface area contributed by atoms with Crippen LogP contribution in [0.1, 0.15) is 5.69 Å². The first-order valence-electron chi connectivity index (χ1n) is 6.23. The van der Waals surface area contributed by atoms with Crippen LogP contribution in [0.2, 0.25) is 0 Å². The summed E-state index contributed by atoms with van der Waals surface area (Å²) in [6.45, 7) is 10.3. The molecule has 0 atom stereocenters. The second kappa shape index (κ2) is 9.90. The Morgan fingerprint density at radius 2 is 1.75 bits per heavy atom. The summed E-state index contributed by atoms with van der Waals surface area (Å²) in [4.78, 5) is 9.96. The molecule has 4 heteroatoms. The predicted molar refractivity (Wildman–Crippen MR) is 81.3 cm³/mol. The van der Waals surface area contributed by atoms with Crippen LogP contribution in [0.25, 0.3) is 11.4 Å². The molecule has 110 valence electrons. The van der Waals surface area contributed by atoms with Crippen molar-refractivity contribution in [3.05, 3.63) is 63.5 Å². The number of benzene rings is 1. The van der Waals surface area contributed by atoms with E-state index in [0.717, 1.165) is 43.1 Å². The molecule has 2 rings (SSSR count). The molecule has 0 spiro atoms. The smallest absolute Gasteiger partial charge is 0.137 e. The number of imidazole rings is 1. The Bertz CT molecular complexity index is 464. The van der Waals surface area contributed by atoms with Crippen molar-refractivity contribution in [1.29, 1.82) is 0 Å². The summed E-state index contributed by atoms with van der Waals surface area (Å²) in [5.74, 6) is 0.932. The maximum absolute atomic E-state index is 4.41. The zero-order valence-corrected chi connectivity index (χ0v) is 14.9. The van der Waals surface area contributed by atoms with Gasteiger partial charge in [-0.05, 0) is 6.54 Å². The van der Waals surface area contributed by atoms with Gasteiger partial charge in [-0.1, -0.05) is 30.3 Å². The molecule has 0 fully saturated rings. The van der Waals surface area contributed by atoms with E-state index < -0.39 is 0 Å². The zero-order valence-electron chi connectivity index (χ0n) is 12.0. The van der Waals surface area contributed by atoms with Crippen molar-refractivity contribution >= 4 is 0 Å². The minimum absolute atomic E-state index is 0. The maximum Gasteiger partial charge on any atom is 0.137 e. The molecule has 1 aromatic carbocycles. The number of nitrogens with zero attached hydrogens (tertiary/aromatic N) is 2. The van der Waals surface area contributed by atoms with E-state index in [1.165, 1.54) is 0 Å². The largest absolute Gasteiger partial charge is 0.362 e. The molecular formula is C16H22N3W-3. The number of hydrogen-bond acceptors (Lipinski definition) is 2. The summed E-state index contributed by atoms with van der Waals surface area (Å²) in [5, 5.41) is 0. The van der Waals surface area contributed by atoms with E-state index >= 15 is 0 Å². The van der Waals surface area contributed by atoms with Crippen LogP contribution < -0.4 is 0 Å². The van der Waals surface area contributed by atoms with E-state index in [1.807, 2.05) is 24.4 Å². The van der Waals surface area contributed by atoms with E-state index in [2.05, 4.69) is 40.8 Å². The minimum atomic E-state index is 0. The topological polar surface area (TPSA) is 31.9 Å². The molecule has 0 amide bonds. The Hall–Kier alpha value is -0.922. The van der Waals surface area contributed by atoms with Crippen LogP contribution in [0.15, 0.2) is 36.5 Å². The Labute approximate surface area is 137 Å². The van der Waals surface area contributed by atoms with Gasteiger partial charge in [-0.3, -0.25) is 0 Å². The van der Waals surface area contributed by atoms with Crippen molar-refractivity contribution in [2.45, 2.75) is 6.42 Å². The van der Waals surface area contributed by atoms with Crippen LogP contribution in [0, 0.1) is 21.3 Å². The molecule has 0 saturated heterocycles. The van der Waals surface area contributed by atoms with Gasteiger partial charge in [0.1, 0.15) is 5.82 Å². The molecule has 1 heterocycles. The molecule has 0 aliphatic carbocycles. The first kappa shape index (κ1) is 19.1. The molecule has 2 aromatic rings. The van der Waals surface area contributed by atoms with E-state index in [1.54, 1.807) is 0 Å². The van der Waals surface area contributed by atoms with Gasteiger partial charge in [0.05, 0.1) is 0 Å². The molecule has 0 radical (unpaired) electrons. The second-order valence-electron chi connectivity index (χ2n) is 4.21. The molecule has 0 bridgehead atoms. The standard InChI is InChI=1S/C15H19N3.CH3.W/c1-3-18(4-2)11-10-14-12-16-15(17-14)13-8-6-5-7-9-13;;/h5-9,12H,1-4,10-11H2,(H,16,17);1H3;/q-2;-1;. The van der Waals surface area contributed by atoms with Crippen LogP contribution in [0.5, 0.6) is 0 Å². The quantitative estimate of drug-likeness (QED) is 0.701. The first-order chi connectivity index (χ1) is 8.83. The molecule has 0 unspecified atom stereocenters. The van der Waals surface area contributed by atoms with Crippen molar-refractivity contribution in [1.82, 2.24) is 14.9 Å². The van der Waals surface area contributed by atoms with Gasteiger partial charge >= 0.3 is 0 Å². The normalized spacial score (nSPS) is 9.95. The van der Waals surface area contributed by atoms with Crippen molar-refractivity contribution in [2.75, 3.05) is 19.6 Å². The van der Waals surface area contributed by atoms with Gasteiger partial charge in [0.2, 0.25) is 0 Å². The molecular weight excluding hydrogens is 418 g/mol. The van der Waals surface area contributed by atoms with E-state index in [-0.39, 0.29) is 28.5 Å². The van der Waals surface area contributed by atoms with Gasteiger partial charge in [0, 0.05) is 44.9 Å². The maximum atomic E-state index is 4.41. The Morgan fingerprint density at radius 1 is 1.10 bits per heavy atom. The van der Waals surface area contributed by atoms with Crippen molar-refractivity contribution in [3.63, 3.8) is 0 Å². The van der Waals surface area contributed by atoms with Gasteiger partial charge in [0.15, 0.2) is 0 Å². The van der Waals surface area contributed by atoms with Crippen LogP contribution in [-0.4, -0.2) is 34.5 Å². The fourth-order valence-corrected chi connectivity index (χ4v) is 1.84. The molecule has 1 aromatic heterocycles. The van der Waals surface area contributed by atoms with Crippen molar-refractivity contribution < 1.29 is 21.1 Å². The van der Waals surface area contributed by atoms with Crippen LogP contribution in [0.3, 0.4) is 0 Å². The van der Waals surface area contributed by atoms with Crippen molar-refractivity contribution in [3.8, 4) is 11.4 Å². The molecule has 0 saturated carbocycles. The molecule has 0 aliphatic rings. The fourth-order valence-electron chi connectivity index (χ4n) is 1.84. The van der Waals surface area contributed by atoms with Gasteiger partial charge in [-0.15, -0.1) is 13.1 Å². The Kier molecular flexibility index (Phi) is 9.44. The Balaban J connectivity index is 0.00000180. The number of hydrogen-bond donors (Lipinski definition) is 1. The number of H-pyrrole nitrogens is 1. The zero-order chi connectivity index (χ0) is 12.8. The average Bonchev–Trinajstić information content (AvgIpc) is 2.90. The van der Waals surface area contributed by atoms with Gasteiger partial charge in [-0.25, -0.2) is 4.98 Å². The number of nitrogens with one attached hydrogen (secondary N) is 1. The Morgan fingerprint density at radius 3 is 2.35 bits per heavy atom. The third-order valence-corrected chi connectivity index (χ3v) is 3.01. The third-order valence-electron chi connectivity index (χ3n) is 3.01. The summed E-state index contributed by atoms with van der Waals surface area (Å²) >= 11 is 0. The molecule has 20 heavy (non-hydrogen) atoms. The first-order valence-corrected chi connectivity index (χ1v) is 6.23. The van der Waals surface area contributed by atoms with Crippen LogP contribution >= 0.6 is 0 Å². The van der Waals surface area contributed by atoms with E-state index in [9.17, 15) is 0 Å². The second-order valence-corrected chi connectivity index (χ2v) is 4.21.